The number of hydrogen-bond donors (Lipinski definition) is 0. The van der Waals surface area contributed by atoms with Gasteiger partial charge in [-0.25, -0.2) is 0 Å². The van der Waals surface area contributed by atoms with Crippen LogP contribution in [0, 0.1) is 0 Å². The smallest absolute Gasteiger partial charge is 0.0719 e. The molecule has 0 radical (unpaired) electrons. The zero-order valence-corrected chi connectivity index (χ0v) is 19.4. The van der Waals surface area contributed by atoms with Crippen LogP contribution in [0.3, 0.4) is 0 Å². The zero-order valence-electron chi connectivity index (χ0n) is 16.2. The van der Waals surface area contributed by atoms with E-state index in [1.165, 1.54) is 5.56 Å². The van der Waals surface area contributed by atoms with Gasteiger partial charge in [0.1, 0.15) is 0 Å². The van der Waals surface area contributed by atoms with Gasteiger partial charge in [0.05, 0.1) is 11.0 Å². The van der Waals surface area contributed by atoms with Gasteiger partial charge in [-0.3, -0.25) is 9.97 Å². The predicted molar refractivity (Wildman–Crippen MR) is 125 cm³/mol. The number of halogens is 2. The summed E-state index contributed by atoms with van der Waals surface area (Å²) in [5.41, 5.74) is 5.61. The van der Waals surface area contributed by atoms with Gasteiger partial charge in [-0.15, -0.1) is 0 Å². The van der Waals surface area contributed by atoms with Gasteiger partial charge in [0.2, 0.25) is 0 Å². The minimum Gasteiger partial charge on any atom is -0.253 e. The van der Waals surface area contributed by atoms with E-state index in [0.717, 1.165) is 48.6 Å². The monoisotopic (exact) mass is 496 g/mol. The average molecular weight is 498 g/mol. The molecule has 2 heterocycles. The van der Waals surface area contributed by atoms with E-state index in [9.17, 15) is 0 Å². The Labute approximate surface area is 182 Å². The molecule has 4 heteroatoms. The lowest BCUT2D eigenvalue weighted by atomic mass is 9.96. The predicted octanol–water partition coefficient (Wildman–Crippen LogP) is 7.78. The Morgan fingerprint density at radius 1 is 0.750 bits per heavy atom. The SMILES string of the molecule is CC(C)c1cc(Br)c2ccc(CC(C)c3ccc4c(Br)cccc4n3)cc2n1. The fraction of sp³-hybridized carbons (Fsp3) is 0.250. The molecule has 0 aliphatic rings. The zero-order chi connectivity index (χ0) is 19.8. The van der Waals surface area contributed by atoms with E-state index >= 15 is 0 Å². The van der Waals surface area contributed by atoms with E-state index in [-0.39, 0.29) is 0 Å². The molecule has 2 nitrogen and oxygen atoms in total. The van der Waals surface area contributed by atoms with E-state index in [0.29, 0.717) is 11.8 Å². The number of rotatable bonds is 4. The highest BCUT2D eigenvalue weighted by molar-refractivity contribution is 9.11. The maximum Gasteiger partial charge on any atom is 0.0719 e. The number of nitrogens with zero attached hydrogens (tertiary/aromatic N) is 2. The van der Waals surface area contributed by atoms with Gasteiger partial charge in [-0.2, -0.15) is 0 Å². The highest BCUT2D eigenvalue weighted by Gasteiger charge is 2.12. The lowest BCUT2D eigenvalue weighted by Crippen LogP contribution is -2.02. The number of fused-ring (bicyclic) bond motifs is 2. The van der Waals surface area contributed by atoms with Crippen LogP contribution in [0.25, 0.3) is 21.8 Å². The first-order valence-corrected chi connectivity index (χ1v) is 11.1. The van der Waals surface area contributed by atoms with Gasteiger partial charge in [-0.1, -0.05) is 70.8 Å². The first-order chi connectivity index (χ1) is 13.4. The molecule has 142 valence electrons. The lowest BCUT2D eigenvalue weighted by molar-refractivity contribution is 0.735. The summed E-state index contributed by atoms with van der Waals surface area (Å²) in [5.74, 6) is 0.738. The Morgan fingerprint density at radius 3 is 2.25 bits per heavy atom. The van der Waals surface area contributed by atoms with Gasteiger partial charge < -0.3 is 0 Å². The number of hydrogen-bond acceptors (Lipinski definition) is 2. The molecule has 0 spiro atoms. The normalized spacial score (nSPS) is 12.8. The molecule has 1 atom stereocenters. The highest BCUT2D eigenvalue weighted by Crippen LogP contribution is 2.30. The minimum absolute atomic E-state index is 0.331. The molecule has 2 aromatic heterocycles. The van der Waals surface area contributed by atoms with Crippen molar-refractivity contribution in [2.75, 3.05) is 0 Å². The molecule has 0 saturated heterocycles. The second-order valence-corrected chi connectivity index (χ2v) is 9.39. The Morgan fingerprint density at radius 2 is 1.46 bits per heavy atom. The molecule has 0 N–H and O–H groups in total. The third kappa shape index (κ3) is 3.85. The summed E-state index contributed by atoms with van der Waals surface area (Å²) >= 11 is 7.31. The standard InChI is InChI=1S/C24H22Br2N2/c1-14(2)23-13-20(26)18-8-7-16(12-24(18)28-23)11-15(3)21-10-9-17-19(25)5-4-6-22(17)27-21/h4-10,12-15H,11H2,1-3H3. The van der Waals surface area contributed by atoms with Crippen molar-refractivity contribution in [1.29, 1.82) is 0 Å². The third-order valence-corrected chi connectivity index (χ3v) is 6.53. The van der Waals surface area contributed by atoms with Gasteiger partial charge in [0.15, 0.2) is 0 Å². The third-order valence-electron chi connectivity index (χ3n) is 5.18. The van der Waals surface area contributed by atoms with Crippen LogP contribution in [0.15, 0.2) is 63.5 Å². The topological polar surface area (TPSA) is 25.8 Å². The van der Waals surface area contributed by atoms with Crippen molar-refractivity contribution in [1.82, 2.24) is 9.97 Å². The number of benzene rings is 2. The van der Waals surface area contributed by atoms with Crippen LogP contribution in [-0.2, 0) is 6.42 Å². The molecule has 0 bridgehead atoms. The molecule has 2 aromatic carbocycles. The van der Waals surface area contributed by atoms with Crippen molar-refractivity contribution in [3.05, 3.63) is 80.5 Å². The Kier molecular flexibility index (Phi) is 5.52. The van der Waals surface area contributed by atoms with Crippen molar-refractivity contribution in [2.45, 2.75) is 39.0 Å². The number of pyridine rings is 2. The van der Waals surface area contributed by atoms with Gasteiger partial charge in [0, 0.05) is 37.0 Å². The summed E-state index contributed by atoms with van der Waals surface area (Å²) in [7, 11) is 0. The highest BCUT2D eigenvalue weighted by atomic mass is 79.9. The van der Waals surface area contributed by atoms with E-state index in [1.807, 2.05) is 6.07 Å². The van der Waals surface area contributed by atoms with Crippen molar-refractivity contribution in [3.63, 3.8) is 0 Å². The maximum atomic E-state index is 4.89. The van der Waals surface area contributed by atoms with Crippen LogP contribution in [0.2, 0.25) is 0 Å². The van der Waals surface area contributed by atoms with E-state index in [1.54, 1.807) is 0 Å². The minimum atomic E-state index is 0.331. The summed E-state index contributed by atoms with van der Waals surface area (Å²) < 4.78 is 2.20. The largest absolute Gasteiger partial charge is 0.253 e. The molecule has 28 heavy (non-hydrogen) atoms. The summed E-state index contributed by atoms with van der Waals surface area (Å²) in [6, 6.07) is 19.2. The summed E-state index contributed by atoms with van der Waals surface area (Å²) in [4.78, 5) is 9.77. The van der Waals surface area contributed by atoms with E-state index < -0.39 is 0 Å². The molecule has 4 rings (SSSR count). The molecule has 0 saturated carbocycles. The molecule has 0 fully saturated rings. The second kappa shape index (κ2) is 7.92. The molecular weight excluding hydrogens is 476 g/mol. The quantitative estimate of drug-likeness (QED) is 0.287. The second-order valence-electron chi connectivity index (χ2n) is 7.68. The fourth-order valence-electron chi connectivity index (χ4n) is 3.54. The van der Waals surface area contributed by atoms with Crippen LogP contribution in [0.4, 0.5) is 0 Å². The van der Waals surface area contributed by atoms with E-state index in [4.69, 9.17) is 9.97 Å². The molecular formula is C24H22Br2N2. The van der Waals surface area contributed by atoms with Crippen LogP contribution in [0.1, 0.15) is 49.6 Å². The molecule has 0 aliphatic heterocycles. The molecule has 1 unspecified atom stereocenters. The molecule has 0 amide bonds. The van der Waals surface area contributed by atoms with Crippen molar-refractivity contribution in [3.8, 4) is 0 Å². The fourth-order valence-corrected chi connectivity index (χ4v) is 4.60. The lowest BCUT2D eigenvalue weighted by Gasteiger charge is -2.14. The summed E-state index contributed by atoms with van der Waals surface area (Å²) in [6.45, 7) is 6.59. The van der Waals surface area contributed by atoms with Crippen molar-refractivity contribution < 1.29 is 0 Å². The molecule has 4 aromatic rings. The Balaban J connectivity index is 1.65. The van der Waals surface area contributed by atoms with Gasteiger partial charge >= 0.3 is 0 Å². The van der Waals surface area contributed by atoms with Crippen LogP contribution < -0.4 is 0 Å². The Hall–Kier alpha value is -1.78. The molecule has 0 aliphatic carbocycles. The first-order valence-electron chi connectivity index (χ1n) is 9.56. The van der Waals surface area contributed by atoms with Crippen molar-refractivity contribution in [2.24, 2.45) is 0 Å². The first kappa shape index (κ1) is 19.5. The summed E-state index contributed by atoms with van der Waals surface area (Å²) in [6.07, 6.45) is 0.938. The number of aromatic nitrogens is 2. The van der Waals surface area contributed by atoms with Crippen LogP contribution in [-0.4, -0.2) is 9.97 Å². The van der Waals surface area contributed by atoms with Crippen LogP contribution in [0.5, 0.6) is 0 Å². The van der Waals surface area contributed by atoms with Gasteiger partial charge in [0.25, 0.3) is 0 Å². The average Bonchev–Trinajstić information content (AvgIpc) is 2.67. The van der Waals surface area contributed by atoms with Crippen LogP contribution >= 0.6 is 31.9 Å². The van der Waals surface area contributed by atoms with Gasteiger partial charge in [-0.05, 0) is 54.3 Å². The Bertz CT molecular complexity index is 1170. The van der Waals surface area contributed by atoms with Crippen molar-refractivity contribution >= 4 is 53.7 Å². The maximum absolute atomic E-state index is 4.89. The van der Waals surface area contributed by atoms with E-state index in [2.05, 4.69) is 101 Å². The summed E-state index contributed by atoms with van der Waals surface area (Å²) in [5, 5.41) is 2.31.